The van der Waals surface area contributed by atoms with Crippen LogP contribution in [0.15, 0.2) is 18.2 Å². The molecule has 5 nitrogen and oxygen atoms in total. The van der Waals surface area contributed by atoms with E-state index in [1.54, 1.807) is 37.1 Å². The molecule has 7 heteroatoms. The van der Waals surface area contributed by atoms with Crippen LogP contribution in [0.1, 0.15) is 12.0 Å². The zero-order valence-corrected chi connectivity index (χ0v) is 13.5. The number of ether oxygens (including phenoxy) is 1. The van der Waals surface area contributed by atoms with Gasteiger partial charge in [0, 0.05) is 10.6 Å². The summed E-state index contributed by atoms with van der Waals surface area (Å²) in [6.07, 6.45) is 2.60. The van der Waals surface area contributed by atoms with E-state index in [0.717, 1.165) is 5.75 Å². The third-order valence-corrected chi connectivity index (χ3v) is 4.17. The van der Waals surface area contributed by atoms with Crippen molar-refractivity contribution in [1.82, 2.24) is 10.2 Å². The molecule has 1 fully saturated rings. The van der Waals surface area contributed by atoms with Crippen molar-refractivity contribution in [2.24, 2.45) is 0 Å². The van der Waals surface area contributed by atoms with Crippen LogP contribution in [0.25, 0.3) is 0 Å². The molecule has 1 aliphatic heterocycles. The minimum absolute atomic E-state index is 0.157. The molecular weight excluding hydrogens is 312 g/mol. The number of halogens is 1. The Hall–Kier alpha value is -1.40. The van der Waals surface area contributed by atoms with E-state index in [0.29, 0.717) is 22.8 Å². The molecular formula is C14H17ClN2O3S. The van der Waals surface area contributed by atoms with Gasteiger partial charge in [0.15, 0.2) is 0 Å². The zero-order valence-electron chi connectivity index (χ0n) is 11.9. The molecule has 21 heavy (non-hydrogen) atoms. The fourth-order valence-electron chi connectivity index (χ4n) is 2.20. The predicted octanol–water partition coefficient (Wildman–Crippen LogP) is 2.52. The third kappa shape index (κ3) is 3.63. The first-order valence-electron chi connectivity index (χ1n) is 6.50. The Labute approximate surface area is 133 Å². The maximum atomic E-state index is 12.3. The van der Waals surface area contributed by atoms with Gasteiger partial charge in [0.05, 0.1) is 13.7 Å². The Morgan fingerprint density at radius 1 is 1.43 bits per heavy atom. The van der Waals surface area contributed by atoms with E-state index in [1.165, 1.54) is 4.90 Å². The summed E-state index contributed by atoms with van der Waals surface area (Å²) in [5, 5.41) is 3.25. The van der Waals surface area contributed by atoms with Gasteiger partial charge in [-0.2, -0.15) is 11.8 Å². The minimum atomic E-state index is -0.435. The smallest absolute Gasteiger partial charge is 0.325 e. The molecule has 114 valence electrons. The van der Waals surface area contributed by atoms with E-state index in [-0.39, 0.29) is 18.5 Å². The lowest BCUT2D eigenvalue weighted by Gasteiger charge is -2.15. The number of amides is 3. The lowest BCUT2D eigenvalue weighted by Crippen LogP contribution is -2.31. The summed E-state index contributed by atoms with van der Waals surface area (Å²) < 4.78 is 5.24. The Morgan fingerprint density at radius 2 is 2.19 bits per heavy atom. The summed E-state index contributed by atoms with van der Waals surface area (Å²) in [6.45, 7) is 0.157. The van der Waals surface area contributed by atoms with Crippen molar-refractivity contribution in [3.05, 3.63) is 28.8 Å². The number of urea groups is 1. The highest BCUT2D eigenvalue weighted by atomic mass is 35.5. The predicted molar refractivity (Wildman–Crippen MR) is 83.9 cm³/mol. The molecule has 1 aromatic carbocycles. The van der Waals surface area contributed by atoms with Crippen LogP contribution in [0.2, 0.25) is 5.02 Å². The molecule has 1 N–H and O–H groups in total. The number of hydrogen-bond donors (Lipinski definition) is 1. The molecule has 0 aliphatic carbocycles. The Bertz CT molecular complexity index is 553. The summed E-state index contributed by atoms with van der Waals surface area (Å²) in [6, 6.07) is 4.33. The van der Waals surface area contributed by atoms with E-state index < -0.39 is 6.04 Å². The highest BCUT2D eigenvalue weighted by Gasteiger charge is 2.37. The summed E-state index contributed by atoms with van der Waals surface area (Å²) in [7, 11) is 1.54. The van der Waals surface area contributed by atoms with Gasteiger partial charge in [-0.15, -0.1) is 0 Å². The number of hydrogen-bond acceptors (Lipinski definition) is 4. The molecule has 0 bridgehead atoms. The maximum absolute atomic E-state index is 12.3. The number of methoxy groups -OCH3 is 1. The van der Waals surface area contributed by atoms with Gasteiger partial charge >= 0.3 is 6.03 Å². The number of imide groups is 1. The number of thioether (sulfide) groups is 1. The number of carbonyl (C=O) groups excluding carboxylic acids is 2. The monoisotopic (exact) mass is 328 g/mol. The minimum Gasteiger partial charge on any atom is -0.496 e. The van der Waals surface area contributed by atoms with Crippen molar-refractivity contribution in [3.63, 3.8) is 0 Å². The van der Waals surface area contributed by atoms with E-state index in [9.17, 15) is 9.59 Å². The number of carbonyl (C=O) groups is 2. The first-order chi connectivity index (χ1) is 10.1. The number of rotatable bonds is 6. The van der Waals surface area contributed by atoms with Gasteiger partial charge in [0.25, 0.3) is 5.91 Å². The molecule has 0 aromatic heterocycles. The summed E-state index contributed by atoms with van der Waals surface area (Å²) in [5.74, 6) is 1.23. The third-order valence-electron chi connectivity index (χ3n) is 3.29. The summed E-state index contributed by atoms with van der Waals surface area (Å²) in [5.41, 5.74) is 0.707. The van der Waals surface area contributed by atoms with Crippen molar-refractivity contribution in [2.75, 3.05) is 19.1 Å². The lowest BCUT2D eigenvalue weighted by atomic mass is 10.1. The van der Waals surface area contributed by atoms with Gasteiger partial charge in [0.2, 0.25) is 0 Å². The molecule has 0 saturated carbocycles. The number of nitrogens with one attached hydrogen (secondary N) is 1. The molecule has 1 heterocycles. The first kappa shape index (κ1) is 16.0. The van der Waals surface area contributed by atoms with Gasteiger partial charge < -0.3 is 10.1 Å². The maximum Gasteiger partial charge on any atom is 0.325 e. The second-order valence-corrected chi connectivity index (χ2v) is 6.09. The molecule has 1 saturated heterocycles. The summed E-state index contributed by atoms with van der Waals surface area (Å²) in [4.78, 5) is 25.4. The highest BCUT2D eigenvalue weighted by Crippen LogP contribution is 2.25. The molecule has 1 aliphatic rings. The van der Waals surface area contributed by atoms with Crippen LogP contribution in [-0.4, -0.2) is 42.0 Å². The van der Waals surface area contributed by atoms with Gasteiger partial charge in [-0.1, -0.05) is 11.6 Å². The standard InChI is InChI=1S/C14H17ClN2O3S/c1-20-12-4-3-10(15)7-9(12)8-17-13(18)11(5-6-21-2)16-14(17)19/h3-4,7,11H,5-6,8H2,1-2H3,(H,16,19). The second-order valence-electron chi connectivity index (χ2n) is 4.66. The van der Waals surface area contributed by atoms with Crippen LogP contribution in [0.3, 0.4) is 0 Å². The van der Waals surface area contributed by atoms with Gasteiger partial charge in [0.1, 0.15) is 11.8 Å². The largest absolute Gasteiger partial charge is 0.496 e. The van der Waals surface area contributed by atoms with Gasteiger partial charge in [-0.3, -0.25) is 9.69 Å². The van der Waals surface area contributed by atoms with Crippen LogP contribution in [0.5, 0.6) is 5.75 Å². The van der Waals surface area contributed by atoms with Crippen molar-refractivity contribution in [1.29, 1.82) is 0 Å². The van der Waals surface area contributed by atoms with Crippen molar-refractivity contribution < 1.29 is 14.3 Å². The Kier molecular flexibility index (Phi) is 5.36. The zero-order chi connectivity index (χ0) is 15.4. The SMILES string of the molecule is COc1ccc(Cl)cc1CN1C(=O)NC(CCSC)C1=O. The topological polar surface area (TPSA) is 58.6 Å². The quantitative estimate of drug-likeness (QED) is 0.815. The Morgan fingerprint density at radius 3 is 2.86 bits per heavy atom. The molecule has 0 radical (unpaired) electrons. The van der Waals surface area contributed by atoms with E-state index in [2.05, 4.69) is 5.32 Å². The molecule has 2 rings (SSSR count). The van der Waals surface area contributed by atoms with Crippen LogP contribution in [-0.2, 0) is 11.3 Å². The molecule has 1 aromatic rings. The number of benzene rings is 1. The van der Waals surface area contributed by atoms with Crippen molar-refractivity contribution in [2.45, 2.75) is 19.0 Å². The second kappa shape index (κ2) is 7.04. The van der Waals surface area contributed by atoms with Crippen LogP contribution in [0, 0.1) is 0 Å². The van der Waals surface area contributed by atoms with Crippen LogP contribution >= 0.6 is 23.4 Å². The van der Waals surface area contributed by atoms with E-state index in [4.69, 9.17) is 16.3 Å². The molecule has 0 spiro atoms. The molecule has 1 atom stereocenters. The van der Waals surface area contributed by atoms with Gasteiger partial charge in [-0.25, -0.2) is 4.79 Å². The van der Waals surface area contributed by atoms with Crippen LogP contribution < -0.4 is 10.1 Å². The first-order valence-corrected chi connectivity index (χ1v) is 8.27. The molecule has 1 unspecified atom stereocenters. The van der Waals surface area contributed by atoms with Gasteiger partial charge in [-0.05, 0) is 36.6 Å². The Balaban J connectivity index is 2.14. The highest BCUT2D eigenvalue weighted by molar-refractivity contribution is 7.98. The van der Waals surface area contributed by atoms with E-state index in [1.807, 2.05) is 6.26 Å². The average Bonchev–Trinajstić information content (AvgIpc) is 2.73. The fraction of sp³-hybridized carbons (Fsp3) is 0.429. The average molecular weight is 329 g/mol. The fourth-order valence-corrected chi connectivity index (χ4v) is 2.87. The lowest BCUT2D eigenvalue weighted by molar-refractivity contribution is -0.127. The van der Waals surface area contributed by atoms with Crippen molar-refractivity contribution >= 4 is 35.3 Å². The van der Waals surface area contributed by atoms with E-state index >= 15 is 0 Å². The van der Waals surface area contributed by atoms with Crippen molar-refractivity contribution in [3.8, 4) is 5.75 Å². The number of nitrogens with zero attached hydrogens (tertiary/aromatic N) is 1. The molecule has 3 amide bonds. The normalized spacial score (nSPS) is 18.0. The van der Waals surface area contributed by atoms with Crippen LogP contribution in [0.4, 0.5) is 4.79 Å². The summed E-state index contributed by atoms with van der Waals surface area (Å²) >= 11 is 7.61.